The van der Waals surface area contributed by atoms with E-state index >= 15 is 0 Å². The highest BCUT2D eigenvalue weighted by Crippen LogP contribution is 2.07. The van der Waals surface area contributed by atoms with Crippen LogP contribution in [0.5, 0.6) is 0 Å². The smallest absolute Gasteiger partial charge is 0.239 e. The number of hydrogen-bond acceptors (Lipinski definition) is 3. The third-order valence-electron chi connectivity index (χ3n) is 2.78. The minimum Gasteiger partial charge on any atom is -0.355 e. The fourth-order valence-electron chi connectivity index (χ4n) is 1.75. The second-order valence-electron chi connectivity index (χ2n) is 4.29. The summed E-state index contributed by atoms with van der Waals surface area (Å²) in [5.41, 5.74) is 6.69. The third-order valence-corrected chi connectivity index (χ3v) is 2.78. The molecule has 5 heteroatoms. The quantitative estimate of drug-likeness (QED) is 0.650. The van der Waals surface area contributed by atoms with Crippen LogP contribution in [0.4, 0.5) is 0 Å². The molecule has 0 fully saturated rings. The molecule has 0 aromatic heterocycles. The second kappa shape index (κ2) is 8.26. The van der Waals surface area contributed by atoms with Gasteiger partial charge in [0.2, 0.25) is 11.8 Å². The SMILES string of the molecule is CCNC(=O)CNC(=O)C(CN)Cc1ccccc1. The van der Waals surface area contributed by atoms with Crippen LogP contribution in [0.3, 0.4) is 0 Å². The third kappa shape index (κ3) is 5.52. The molecule has 0 spiro atoms. The summed E-state index contributed by atoms with van der Waals surface area (Å²) in [6.07, 6.45) is 0.582. The number of rotatable bonds is 7. The molecule has 0 heterocycles. The summed E-state index contributed by atoms with van der Waals surface area (Å²) in [6.45, 7) is 2.64. The lowest BCUT2D eigenvalue weighted by Gasteiger charge is -2.14. The molecule has 19 heavy (non-hydrogen) atoms. The molecule has 1 aromatic carbocycles. The summed E-state index contributed by atoms with van der Waals surface area (Å²) in [5.74, 6) is -0.680. The molecule has 4 N–H and O–H groups in total. The normalized spacial score (nSPS) is 11.7. The molecule has 1 atom stereocenters. The molecule has 0 aliphatic heterocycles. The highest BCUT2D eigenvalue weighted by molar-refractivity contribution is 5.86. The van der Waals surface area contributed by atoms with Crippen LogP contribution >= 0.6 is 0 Å². The second-order valence-corrected chi connectivity index (χ2v) is 4.29. The van der Waals surface area contributed by atoms with Gasteiger partial charge in [-0.05, 0) is 18.9 Å². The minimum absolute atomic E-state index is 0.00202. The summed E-state index contributed by atoms with van der Waals surface area (Å²) >= 11 is 0. The number of nitrogens with one attached hydrogen (secondary N) is 2. The number of hydrogen-bond donors (Lipinski definition) is 3. The van der Waals surface area contributed by atoms with Crippen LogP contribution in [-0.4, -0.2) is 31.4 Å². The van der Waals surface area contributed by atoms with E-state index < -0.39 is 0 Å². The summed E-state index contributed by atoms with van der Waals surface area (Å²) in [7, 11) is 0. The Labute approximate surface area is 113 Å². The van der Waals surface area contributed by atoms with E-state index in [-0.39, 0.29) is 30.8 Å². The number of benzene rings is 1. The Hall–Kier alpha value is -1.88. The Kier molecular flexibility index (Phi) is 6.60. The number of nitrogens with two attached hydrogens (primary N) is 1. The van der Waals surface area contributed by atoms with Crippen molar-refractivity contribution in [2.45, 2.75) is 13.3 Å². The zero-order valence-electron chi connectivity index (χ0n) is 11.2. The zero-order valence-corrected chi connectivity index (χ0v) is 11.2. The first-order chi connectivity index (χ1) is 9.17. The predicted octanol–water partition coefficient (Wildman–Crippen LogP) is 0.0563. The molecule has 1 unspecified atom stereocenters. The van der Waals surface area contributed by atoms with Crippen LogP contribution in [0, 0.1) is 5.92 Å². The van der Waals surface area contributed by atoms with E-state index in [2.05, 4.69) is 10.6 Å². The number of carbonyl (C=O) groups is 2. The standard InChI is InChI=1S/C14H21N3O2/c1-2-16-13(18)10-17-14(19)12(9-15)8-11-6-4-3-5-7-11/h3-7,12H,2,8-10,15H2,1H3,(H,16,18)(H,17,19). The fraction of sp³-hybridized carbons (Fsp3) is 0.429. The lowest BCUT2D eigenvalue weighted by Crippen LogP contribution is -2.42. The van der Waals surface area contributed by atoms with Gasteiger partial charge in [-0.1, -0.05) is 30.3 Å². The summed E-state index contributed by atoms with van der Waals surface area (Å²) in [4.78, 5) is 23.2. The number of likely N-dealkylation sites (N-methyl/N-ethyl adjacent to an activating group) is 1. The van der Waals surface area contributed by atoms with Crippen molar-refractivity contribution in [1.29, 1.82) is 0 Å². The van der Waals surface area contributed by atoms with Gasteiger partial charge in [-0.15, -0.1) is 0 Å². The maximum absolute atomic E-state index is 11.9. The Balaban J connectivity index is 2.46. The van der Waals surface area contributed by atoms with Gasteiger partial charge in [-0.2, -0.15) is 0 Å². The molecule has 5 nitrogen and oxygen atoms in total. The van der Waals surface area contributed by atoms with Crippen molar-refractivity contribution in [3.63, 3.8) is 0 Å². The van der Waals surface area contributed by atoms with Gasteiger partial charge in [0.25, 0.3) is 0 Å². The van der Waals surface area contributed by atoms with Crippen molar-refractivity contribution < 1.29 is 9.59 Å². The Morgan fingerprint density at radius 3 is 2.47 bits per heavy atom. The van der Waals surface area contributed by atoms with Crippen molar-refractivity contribution in [3.05, 3.63) is 35.9 Å². The lowest BCUT2D eigenvalue weighted by atomic mass is 9.98. The van der Waals surface area contributed by atoms with E-state index in [1.165, 1.54) is 0 Å². The van der Waals surface area contributed by atoms with Gasteiger partial charge in [-0.3, -0.25) is 9.59 Å². The van der Waals surface area contributed by atoms with Crippen molar-refractivity contribution in [2.24, 2.45) is 11.7 Å². The van der Waals surface area contributed by atoms with E-state index in [0.29, 0.717) is 13.0 Å². The highest BCUT2D eigenvalue weighted by atomic mass is 16.2. The molecule has 0 saturated heterocycles. The Bertz CT molecular complexity index is 406. The van der Waals surface area contributed by atoms with E-state index in [4.69, 9.17) is 5.73 Å². The van der Waals surface area contributed by atoms with Gasteiger partial charge in [0.1, 0.15) is 0 Å². The van der Waals surface area contributed by atoms with E-state index in [1.54, 1.807) is 0 Å². The van der Waals surface area contributed by atoms with E-state index in [1.807, 2.05) is 37.3 Å². The Morgan fingerprint density at radius 1 is 1.21 bits per heavy atom. The first-order valence-corrected chi connectivity index (χ1v) is 6.45. The first kappa shape index (κ1) is 15.2. The average Bonchev–Trinajstić information content (AvgIpc) is 2.43. The van der Waals surface area contributed by atoms with Crippen molar-refractivity contribution >= 4 is 11.8 Å². The molecule has 2 amide bonds. The number of amides is 2. The maximum Gasteiger partial charge on any atom is 0.239 e. The van der Waals surface area contributed by atoms with Crippen LogP contribution < -0.4 is 16.4 Å². The lowest BCUT2D eigenvalue weighted by molar-refractivity contribution is -0.128. The van der Waals surface area contributed by atoms with Crippen molar-refractivity contribution in [2.75, 3.05) is 19.6 Å². The maximum atomic E-state index is 11.9. The molecular formula is C14H21N3O2. The van der Waals surface area contributed by atoms with Crippen molar-refractivity contribution in [3.8, 4) is 0 Å². The van der Waals surface area contributed by atoms with Crippen LogP contribution in [0.25, 0.3) is 0 Å². The van der Waals surface area contributed by atoms with Crippen LogP contribution in [0.15, 0.2) is 30.3 Å². The Morgan fingerprint density at radius 2 is 1.89 bits per heavy atom. The van der Waals surface area contributed by atoms with Gasteiger partial charge >= 0.3 is 0 Å². The first-order valence-electron chi connectivity index (χ1n) is 6.45. The van der Waals surface area contributed by atoms with Gasteiger partial charge in [0.15, 0.2) is 0 Å². The molecule has 0 aliphatic rings. The van der Waals surface area contributed by atoms with Crippen LogP contribution in [-0.2, 0) is 16.0 Å². The predicted molar refractivity (Wildman–Crippen MR) is 74.4 cm³/mol. The van der Waals surface area contributed by atoms with Gasteiger partial charge in [-0.25, -0.2) is 0 Å². The van der Waals surface area contributed by atoms with E-state index in [0.717, 1.165) is 5.56 Å². The largest absolute Gasteiger partial charge is 0.355 e. The molecule has 0 bridgehead atoms. The highest BCUT2D eigenvalue weighted by Gasteiger charge is 2.17. The van der Waals surface area contributed by atoms with Gasteiger partial charge in [0, 0.05) is 13.1 Å². The van der Waals surface area contributed by atoms with Crippen LogP contribution in [0.1, 0.15) is 12.5 Å². The van der Waals surface area contributed by atoms with Crippen molar-refractivity contribution in [1.82, 2.24) is 10.6 Å². The molecule has 104 valence electrons. The van der Waals surface area contributed by atoms with Crippen LogP contribution in [0.2, 0.25) is 0 Å². The monoisotopic (exact) mass is 263 g/mol. The summed E-state index contributed by atoms with van der Waals surface area (Å²) in [6, 6.07) is 9.70. The molecule has 0 saturated carbocycles. The molecular weight excluding hydrogens is 242 g/mol. The summed E-state index contributed by atoms with van der Waals surface area (Å²) < 4.78 is 0. The van der Waals surface area contributed by atoms with Gasteiger partial charge in [0.05, 0.1) is 12.5 Å². The average molecular weight is 263 g/mol. The fourth-order valence-corrected chi connectivity index (χ4v) is 1.75. The zero-order chi connectivity index (χ0) is 14.1. The number of carbonyl (C=O) groups excluding carboxylic acids is 2. The topological polar surface area (TPSA) is 84.2 Å². The van der Waals surface area contributed by atoms with E-state index in [9.17, 15) is 9.59 Å². The molecule has 0 radical (unpaired) electrons. The van der Waals surface area contributed by atoms with Gasteiger partial charge < -0.3 is 16.4 Å². The molecule has 1 aromatic rings. The molecule has 0 aliphatic carbocycles. The minimum atomic E-state index is -0.308. The molecule has 1 rings (SSSR count). The summed E-state index contributed by atoms with van der Waals surface area (Å²) in [5, 5.41) is 5.23.